The SMILES string of the molecule is COc1c(Br)cc([N+](=O)[O-])c(CC#N)c1Br. The van der Waals surface area contributed by atoms with Gasteiger partial charge in [-0.2, -0.15) is 5.26 Å². The number of rotatable bonds is 3. The zero-order valence-electron chi connectivity index (χ0n) is 8.16. The summed E-state index contributed by atoms with van der Waals surface area (Å²) in [6.45, 7) is 0. The second-order valence-electron chi connectivity index (χ2n) is 2.80. The van der Waals surface area contributed by atoms with Gasteiger partial charge in [0, 0.05) is 6.07 Å². The fraction of sp³-hybridized carbons (Fsp3) is 0.222. The first-order chi connectivity index (χ1) is 7.52. The Morgan fingerprint density at radius 3 is 2.69 bits per heavy atom. The summed E-state index contributed by atoms with van der Waals surface area (Å²) in [5, 5.41) is 19.5. The molecule has 0 N–H and O–H groups in total. The lowest BCUT2D eigenvalue weighted by Crippen LogP contribution is -1.99. The molecule has 0 aliphatic carbocycles. The third-order valence-corrected chi connectivity index (χ3v) is 3.34. The fourth-order valence-corrected chi connectivity index (χ4v) is 2.79. The number of halogens is 2. The maximum atomic E-state index is 10.8. The summed E-state index contributed by atoms with van der Waals surface area (Å²) in [6, 6.07) is 3.22. The lowest BCUT2D eigenvalue weighted by atomic mass is 10.1. The number of ether oxygens (including phenoxy) is 1. The number of hydrogen-bond donors (Lipinski definition) is 0. The summed E-state index contributed by atoms with van der Waals surface area (Å²) >= 11 is 6.37. The van der Waals surface area contributed by atoms with E-state index < -0.39 is 4.92 Å². The number of methoxy groups -OCH3 is 1. The van der Waals surface area contributed by atoms with Crippen molar-refractivity contribution in [2.24, 2.45) is 0 Å². The Hall–Kier alpha value is -1.13. The van der Waals surface area contributed by atoms with Crippen LogP contribution in [0.5, 0.6) is 5.75 Å². The van der Waals surface area contributed by atoms with Crippen molar-refractivity contribution in [2.75, 3.05) is 7.11 Å². The van der Waals surface area contributed by atoms with Gasteiger partial charge in [-0.1, -0.05) is 0 Å². The third kappa shape index (κ3) is 2.33. The molecular weight excluding hydrogens is 344 g/mol. The number of benzene rings is 1. The van der Waals surface area contributed by atoms with Crippen LogP contribution in [0.15, 0.2) is 15.0 Å². The lowest BCUT2D eigenvalue weighted by molar-refractivity contribution is -0.385. The number of nitriles is 1. The molecule has 0 radical (unpaired) electrons. The Bertz CT molecular complexity index is 483. The van der Waals surface area contributed by atoms with E-state index in [0.717, 1.165) is 0 Å². The minimum absolute atomic E-state index is 0.0550. The molecule has 0 aliphatic heterocycles. The van der Waals surface area contributed by atoms with Gasteiger partial charge < -0.3 is 4.74 Å². The van der Waals surface area contributed by atoms with Crippen molar-refractivity contribution < 1.29 is 9.66 Å². The van der Waals surface area contributed by atoms with Gasteiger partial charge in [-0.15, -0.1) is 0 Å². The van der Waals surface area contributed by atoms with Crippen LogP contribution in [-0.4, -0.2) is 12.0 Å². The van der Waals surface area contributed by atoms with E-state index in [1.807, 2.05) is 6.07 Å². The van der Waals surface area contributed by atoms with E-state index in [2.05, 4.69) is 31.9 Å². The molecule has 0 unspecified atom stereocenters. The van der Waals surface area contributed by atoms with Crippen molar-refractivity contribution in [2.45, 2.75) is 6.42 Å². The predicted octanol–water partition coefficient (Wildman–Crippen LogP) is 3.19. The van der Waals surface area contributed by atoms with Crippen LogP contribution < -0.4 is 4.74 Å². The highest BCUT2D eigenvalue weighted by molar-refractivity contribution is 9.11. The summed E-state index contributed by atoms with van der Waals surface area (Å²) in [5.41, 5.74) is 0.202. The van der Waals surface area contributed by atoms with Crippen LogP contribution in [0.2, 0.25) is 0 Å². The van der Waals surface area contributed by atoms with Gasteiger partial charge in [0.2, 0.25) is 0 Å². The fourth-order valence-electron chi connectivity index (χ4n) is 1.22. The highest BCUT2D eigenvalue weighted by atomic mass is 79.9. The first-order valence-electron chi connectivity index (χ1n) is 4.09. The summed E-state index contributed by atoms with van der Waals surface area (Å²) in [7, 11) is 1.45. The molecule has 5 nitrogen and oxygen atoms in total. The predicted molar refractivity (Wildman–Crippen MR) is 64.4 cm³/mol. The first kappa shape index (κ1) is 12.9. The van der Waals surface area contributed by atoms with Gasteiger partial charge in [0.15, 0.2) is 0 Å². The van der Waals surface area contributed by atoms with Crippen molar-refractivity contribution in [3.05, 3.63) is 30.7 Å². The van der Waals surface area contributed by atoms with Gasteiger partial charge >= 0.3 is 0 Å². The molecule has 0 fully saturated rings. The van der Waals surface area contributed by atoms with Crippen molar-refractivity contribution >= 4 is 37.5 Å². The molecule has 7 heteroatoms. The molecule has 16 heavy (non-hydrogen) atoms. The van der Waals surface area contributed by atoms with Crippen LogP contribution in [0.1, 0.15) is 5.56 Å². The molecule has 1 rings (SSSR count). The minimum Gasteiger partial charge on any atom is -0.494 e. The highest BCUT2D eigenvalue weighted by Gasteiger charge is 2.22. The van der Waals surface area contributed by atoms with Crippen molar-refractivity contribution in [3.8, 4) is 11.8 Å². The summed E-state index contributed by atoms with van der Waals surface area (Å²) in [5.74, 6) is 0.441. The van der Waals surface area contributed by atoms with Gasteiger partial charge in [0.25, 0.3) is 5.69 Å². The van der Waals surface area contributed by atoms with E-state index in [9.17, 15) is 10.1 Å². The Kier molecular flexibility index (Phi) is 4.26. The molecule has 0 bridgehead atoms. The van der Waals surface area contributed by atoms with E-state index in [1.54, 1.807) is 0 Å². The molecule has 84 valence electrons. The Balaban J connectivity index is 3.53. The molecule has 0 spiro atoms. The molecule has 0 saturated heterocycles. The zero-order chi connectivity index (χ0) is 12.3. The van der Waals surface area contributed by atoms with Crippen LogP contribution in [-0.2, 0) is 6.42 Å². The molecule has 0 aromatic heterocycles. The highest BCUT2D eigenvalue weighted by Crippen LogP contribution is 2.41. The van der Waals surface area contributed by atoms with Crippen LogP contribution in [0.3, 0.4) is 0 Å². The van der Waals surface area contributed by atoms with Gasteiger partial charge in [-0.05, 0) is 31.9 Å². The Labute approximate surface area is 108 Å². The van der Waals surface area contributed by atoms with Crippen LogP contribution in [0, 0.1) is 21.4 Å². The minimum atomic E-state index is -0.526. The third-order valence-electron chi connectivity index (χ3n) is 1.91. The molecule has 0 heterocycles. The van der Waals surface area contributed by atoms with E-state index in [-0.39, 0.29) is 12.1 Å². The second kappa shape index (κ2) is 5.27. The maximum absolute atomic E-state index is 10.8. The van der Waals surface area contributed by atoms with Gasteiger partial charge in [0.1, 0.15) is 5.75 Å². The van der Waals surface area contributed by atoms with Crippen LogP contribution >= 0.6 is 31.9 Å². The zero-order valence-corrected chi connectivity index (χ0v) is 11.3. The standard InChI is InChI=1S/C9H6Br2N2O3/c1-16-9-6(10)4-7(13(14)15)5(2-3-12)8(9)11/h4H,2H2,1H3. The van der Waals surface area contributed by atoms with Crippen molar-refractivity contribution in [3.63, 3.8) is 0 Å². The Morgan fingerprint density at radius 2 is 2.25 bits per heavy atom. The van der Waals surface area contributed by atoms with Gasteiger partial charge in [-0.3, -0.25) is 10.1 Å². The van der Waals surface area contributed by atoms with Crippen molar-refractivity contribution in [1.29, 1.82) is 5.26 Å². The summed E-state index contributed by atoms with van der Waals surface area (Å²) < 4.78 is 5.97. The molecule has 1 aromatic rings. The number of hydrogen-bond acceptors (Lipinski definition) is 4. The molecule has 0 amide bonds. The summed E-state index contributed by atoms with van der Waals surface area (Å²) in [6.07, 6.45) is -0.0550. The average Bonchev–Trinajstić information content (AvgIpc) is 2.22. The van der Waals surface area contributed by atoms with Gasteiger partial charge in [-0.25, -0.2) is 0 Å². The van der Waals surface area contributed by atoms with E-state index in [4.69, 9.17) is 10.00 Å². The van der Waals surface area contributed by atoms with Crippen LogP contribution in [0.25, 0.3) is 0 Å². The molecule has 1 aromatic carbocycles. The smallest absolute Gasteiger partial charge is 0.276 e. The van der Waals surface area contributed by atoms with E-state index in [0.29, 0.717) is 20.3 Å². The number of nitro benzene ring substituents is 1. The van der Waals surface area contributed by atoms with Gasteiger partial charge in [0.05, 0.1) is 39.0 Å². The molecule has 0 saturated carbocycles. The molecule has 0 aliphatic rings. The second-order valence-corrected chi connectivity index (χ2v) is 4.44. The topological polar surface area (TPSA) is 76.2 Å². The van der Waals surface area contributed by atoms with Crippen LogP contribution in [0.4, 0.5) is 5.69 Å². The quantitative estimate of drug-likeness (QED) is 0.620. The monoisotopic (exact) mass is 348 g/mol. The largest absolute Gasteiger partial charge is 0.494 e. The number of nitro groups is 1. The normalized spacial score (nSPS) is 9.62. The van der Waals surface area contributed by atoms with E-state index in [1.165, 1.54) is 13.2 Å². The van der Waals surface area contributed by atoms with E-state index >= 15 is 0 Å². The first-order valence-corrected chi connectivity index (χ1v) is 5.67. The van der Waals surface area contributed by atoms with Crippen molar-refractivity contribution in [1.82, 2.24) is 0 Å². The Morgan fingerprint density at radius 1 is 1.62 bits per heavy atom. The number of nitrogens with zero attached hydrogens (tertiary/aromatic N) is 2. The molecule has 0 atom stereocenters. The maximum Gasteiger partial charge on any atom is 0.276 e. The summed E-state index contributed by atoms with van der Waals surface area (Å²) in [4.78, 5) is 10.3. The average molecular weight is 350 g/mol. The lowest BCUT2D eigenvalue weighted by Gasteiger charge is -2.09. The molecular formula is C9H6Br2N2O3.